The van der Waals surface area contributed by atoms with Crippen molar-refractivity contribution in [2.24, 2.45) is 0 Å². The Morgan fingerprint density at radius 3 is 2.84 bits per heavy atom. The summed E-state index contributed by atoms with van der Waals surface area (Å²) < 4.78 is 12.9. The molecule has 2 aromatic rings. The van der Waals surface area contributed by atoms with Crippen molar-refractivity contribution in [3.05, 3.63) is 48.0 Å². The number of carbonyl (C=O) groups excluding carboxylic acids is 1. The Bertz CT molecular complexity index is 696. The van der Waals surface area contributed by atoms with Crippen molar-refractivity contribution in [3.63, 3.8) is 0 Å². The number of aromatic nitrogens is 2. The molecule has 0 N–H and O–H groups in total. The molecule has 1 aliphatic rings. The number of amides is 1. The van der Waals surface area contributed by atoms with Gasteiger partial charge in [0.2, 0.25) is 5.91 Å². The largest absolute Gasteiger partial charge is 0.494 e. The van der Waals surface area contributed by atoms with Crippen LogP contribution in [0.2, 0.25) is 0 Å². The van der Waals surface area contributed by atoms with Crippen molar-refractivity contribution in [2.75, 3.05) is 26.9 Å². The quantitative estimate of drug-likeness (QED) is 0.775. The molecule has 6 nitrogen and oxygen atoms in total. The summed E-state index contributed by atoms with van der Waals surface area (Å²) in [6.07, 6.45) is 4.88. The summed E-state index contributed by atoms with van der Waals surface area (Å²) in [4.78, 5) is 18.8. The SMILES string of the molecule is CCOc1ccc(CCC(=O)N2Cc3cncn3C(COC)C2)cc1. The van der Waals surface area contributed by atoms with Crippen LogP contribution in [0.5, 0.6) is 5.75 Å². The lowest BCUT2D eigenvalue weighted by atomic mass is 10.1. The zero-order chi connectivity index (χ0) is 17.6. The van der Waals surface area contributed by atoms with Gasteiger partial charge >= 0.3 is 0 Å². The fraction of sp³-hybridized carbons (Fsp3) is 0.474. The van der Waals surface area contributed by atoms with Gasteiger partial charge in [-0.2, -0.15) is 0 Å². The molecule has 1 amide bonds. The Hall–Kier alpha value is -2.34. The zero-order valence-corrected chi connectivity index (χ0v) is 14.9. The lowest BCUT2D eigenvalue weighted by Gasteiger charge is -2.34. The van der Waals surface area contributed by atoms with Crippen LogP contribution in [-0.2, 0) is 22.5 Å². The van der Waals surface area contributed by atoms with E-state index < -0.39 is 0 Å². The van der Waals surface area contributed by atoms with Crippen LogP contribution in [0.4, 0.5) is 0 Å². The molecule has 6 heteroatoms. The summed E-state index contributed by atoms with van der Waals surface area (Å²) in [6.45, 7) is 4.48. The molecule has 2 heterocycles. The van der Waals surface area contributed by atoms with E-state index in [-0.39, 0.29) is 11.9 Å². The van der Waals surface area contributed by atoms with E-state index in [1.54, 1.807) is 7.11 Å². The van der Waals surface area contributed by atoms with Crippen molar-refractivity contribution < 1.29 is 14.3 Å². The van der Waals surface area contributed by atoms with E-state index in [1.807, 2.05) is 48.6 Å². The molecule has 134 valence electrons. The van der Waals surface area contributed by atoms with E-state index in [0.29, 0.717) is 32.7 Å². The zero-order valence-electron chi connectivity index (χ0n) is 14.9. The monoisotopic (exact) mass is 343 g/mol. The number of hydrogen-bond donors (Lipinski definition) is 0. The fourth-order valence-corrected chi connectivity index (χ4v) is 3.23. The molecule has 3 rings (SSSR count). The maximum atomic E-state index is 12.7. The van der Waals surface area contributed by atoms with Crippen LogP contribution in [-0.4, -0.2) is 47.2 Å². The van der Waals surface area contributed by atoms with Gasteiger partial charge in [0.1, 0.15) is 5.75 Å². The van der Waals surface area contributed by atoms with E-state index in [0.717, 1.165) is 23.4 Å². The second-order valence-corrected chi connectivity index (χ2v) is 6.25. The first-order valence-corrected chi connectivity index (χ1v) is 8.70. The predicted octanol–water partition coefficient (Wildman–Crippen LogP) is 2.44. The average Bonchev–Trinajstić information content (AvgIpc) is 3.10. The smallest absolute Gasteiger partial charge is 0.223 e. The molecule has 1 unspecified atom stereocenters. The number of ether oxygens (including phenoxy) is 2. The minimum Gasteiger partial charge on any atom is -0.494 e. The number of hydrogen-bond acceptors (Lipinski definition) is 4. The van der Waals surface area contributed by atoms with Crippen LogP contribution in [0, 0.1) is 0 Å². The molecule has 1 aromatic heterocycles. The summed E-state index contributed by atoms with van der Waals surface area (Å²) in [5.74, 6) is 1.03. The number of benzene rings is 1. The van der Waals surface area contributed by atoms with Crippen LogP contribution in [0.3, 0.4) is 0 Å². The summed E-state index contributed by atoms with van der Waals surface area (Å²) in [6, 6.07) is 8.09. The molecule has 0 spiro atoms. The van der Waals surface area contributed by atoms with Gasteiger partial charge in [0.25, 0.3) is 0 Å². The minimum absolute atomic E-state index is 0.130. The van der Waals surface area contributed by atoms with Crippen molar-refractivity contribution in [1.29, 1.82) is 0 Å². The molecule has 1 aromatic carbocycles. The third-order valence-corrected chi connectivity index (χ3v) is 4.50. The van der Waals surface area contributed by atoms with Gasteiger partial charge < -0.3 is 18.9 Å². The van der Waals surface area contributed by atoms with Gasteiger partial charge in [0, 0.05) is 26.3 Å². The highest BCUT2D eigenvalue weighted by Gasteiger charge is 2.27. The maximum Gasteiger partial charge on any atom is 0.223 e. The van der Waals surface area contributed by atoms with Crippen molar-refractivity contribution >= 4 is 5.91 Å². The fourth-order valence-electron chi connectivity index (χ4n) is 3.23. The van der Waals surface area contributed by atoms with Gasteiger partial charge in [0.05, 0.1) is 37.8 Å². The predicted molar refractivity (Wildman–Crippen MR) is 94.5 cm³/mol. The Morgan fingerprint density at radius 2 is 2.12 bits per heavy atom. The first-order chi connectivity index (χ1) is 12.2. The normalized spacial score (nSPS) is 16.6. The van der Waals surface area contributed by atoms with E-state index in [4.69, 9.17) is 9.47 Å². The third-order valence-electron chi connectivity index (χ3n) is 4.50. The maximum absolute atomic E-state index is 12.7. The molecule has 0 fully saturated rings. The summed E-state index contributed by atoms with van der Waals surface area (Å²) in [5, 5.41) is 0. The van der Waals surface area contributed by atoms with Crippen LogP contribution in [0.15, 0.2) is 36.8 Å². The Balaban J connectivity index is 1.58. The van der Waals surface area contributed by atoms with Crippen LogP contribution in [0.1, 0.15) is 30.6 Å². The molecular weight excluding hydrogens is 318 g/mol. The molecule has 1 aliphatic heterocycles. The van der Waals surface area contributed by atoms with Gasteiger partial charge in [0.15, 0.2) is 0 Å². The van der Waals surface area contributed by atoms with Crippen LogP contribution >= 0.6 is 0 Å². The van der Waals surface area contributed by atoms with Gasteiger partial charge in [-0.1, -0.05) is 12.1 Å². The molecule has 0 radical (unpaired) electrons. The lowest BCUT2D eigenvalue weighted by Crippen LogP contribution is -2.42. The van der Waals surface area contributed by atoms with Gasteiger partial charge in [-0.05, 0) is 31.0 Å². The van der Waals surface area contributed by atoms with Crippen molar-refractivity contribution in [2.45, 2.75) is 32.4 Å². The molecule has 1 atom stereocenters. The number of rotatable bonds is 7. The molecule has 0 bridgehead atoms. The highest BCUT2D eigenvalue weighted by atomic mass is 16.5. The van der Waals surface area contributed by atoms with E-state index in [2.05, 4.69) is 9.55 Å². The number of methoxy groups -OCH3 is 1. The van der Waals surface area contributed by atoms with E-state index in [1.165, 1.54) is 0 Å². The Kier molecular flexibility index (Phi) is 5.71. The lowest BCUT2D eigenvalue weighted by molar-refractivity contribution is -0.133. The standard InChI is InChI=1S/C19H25N3O3/c1-3-25-18-7-4-15(5-8-18)6-9-19(23)21-11-16-10-20-14-22(16)17(12-21)13-24-2/h4-5,7-8,10,14,17H,3,6,9,11-13H2,1-2H3. The number of imidazole rings is 1. The average molecular weight is 343 g/mol. The first kappa shape index (κ1) is 17.5. The molecule has 0 saturated carbocycles. The third kappa shape index (κ3) is 4.20. The molecule has 0 saturated heterocycles. The summed E-state index contributed by atoms with van der Waals surface area (Å²) >= 11 is 0. The van der Waals surface area contributed by atoms with Gasteiger partial charge in [-0.3, -0.25) is 4.79 Å². The van der Waals surface area contributed by atoms with Crippen LogP contribution < -0.4 is 4.74 Å². The van der Waals surface area contributed by atoms with Crippen LogP contribution in [0.25, 0.3) is 0 Å². The highest BCUT2D eigenvalue weighted by Crippen LogP contribution is 2.22. The summed E-state index contributed by atoms with van der Waals surface area (Å²) in [7, 11) is 1.68. The minimum atomic E-state index is 0.130. The Morgan fingerprint density at radius 1 is 1.32 bits per heavy atom. The molecular formula is C19H25N3O3. The summed E-state index contributed by atoms with van der Waals surface area (Å²) in [5.41, 5.74) is 2.20. The highest BCUT2D eigenvalue weighted by molar-refractivity contribution is 5.76. The topological polar surface area (TPSA) is 56.6 Å². The number of fused-ring (bicyclic) bond motifs is 1. The first-order valence-electron chi connectivity index (χ1n) is 8.70. The second-order valence-electron chi connectivity index (χ2n) is 6.25. The van der Waals surface area contributed by atoms with Gasteiger partial charge in [-0.15, -0.1) is 0 Å². The van der Waals surface area contributed by atoms with E-state index >= 15 is 0 Å². The number of aryl methyl sites for hydroxylation is 1. The van der Waals surface area contributed by atoms with E-state index in [9.17, 15) is 4.79 Å². The number of nitrogens with zero attached hydrogens (tertiary/aromatic N) is 3. The van der Waals surface area contributed by atoms with Crippen molar-refractivity contribution in [3.8, 4) is 5.75 Å². The van der Waals surface area contributed by atoms with Crippen molar-refractivity contribution in [1.82, 2.24) is 14.5 Å². The number of carbonyl (C=O) groups is 1. The Labute approximate surface area is 148 Å². The molecule has 0 aliphatic carbocycles. The molecule has 25 heavy (non-hydrogen) atoms. The second kappa shape index (κ2) is 8.16. The van der Waals surface area contributed by atoms with Gasteiger partial charge in [-0.25, -0.2) is 4.98 Å².